The molecule has 1 saturated heterocycles. The third kappa shape index (κ3) is 6.86. The fraction of sp³-hybridized carbons (Fsp3) is 0.706. The minimum Gasteiger partial charge on any atom is -0.342 e. The first-order valence-electron chi connectivity index (χ1n) is 9.23. The molecular weight excluding hydrogens is 388 g/mol. The largest absolute Gasteiger partial charge is 0.342 e. The highest BCUT2D eigenvalue weighted by molar-refractivity contribution is 7.89. The van der Waals surface area contributed by atoms with Crippen LogP contribution in [0.15, 0.2) is 5.38 Å². The van der Waals surface area contributed by atoms with Gasteiger partial charge in [-0.15, -0.1) is 11.3 Å². The number of piperidine rings is 1. The number of thiazole rings is 1. The molecule has 1 aromatic heterocycles. The zero-order valence-electron chi connectivity index (χ0n) is 16.0. The highest BCUT2D eigenvalue weighted by atomic mass is 32.2. The van der Waals surface area contributed by atoms with Gasteiger partial charge in [-0.05, 0) is 19.3 Å². The molecule has 0 aliphatic carbocycles. The van der Waals surface area contributed by atoms with Crippen LogP contribution >= 0.6 is 11.3 Å². The van der Waals surface area contributed by atoms with Crippen LogP contribution in [-0.2, 0) is 26.0 Å². The van der Waals surface area contributed by atoms with E-state index in [1.807, 2.05) is 6.92 Å². The minimum atomic E-state index is -3.23. The van der Waals surface area contributed by atoms with Gasteiger partial charge in [0.05, 0.1) is 17.9 Å². The van der Waals surface area contributed by atoms with Crippen LogP contribution in [0.5, 0.6) is 0 Å². The molecule has 0 radical (unpaired) electrons. The summed E-state index contributed by atoms with van der Waals surface area (Å²) in [5.41, 5.74) is 0.634. The first-order chi connectivity index (χ1) is 12.7. The summed E-state index contributed by atoms with van der Waals surface area (Å²) in [6, 6.07) is -0.109. The second-order valence-electron chi connectivity index (χ2n) is 7.06. The normalized spacial score (nSPS) is 15.9. The van der Waals surface area contributed by atoms with Crippen molar-refractivity contribution in [2.45, 2.75) is 52.5 Å². The van der Waals surface area contributed by atoms with Gasteiger partial charge in [-0.3, -0.25) is 9.59 Å². The number of amides is 2. The lowest BCUT2D eigenvalue weighted by atomic mass is 10.1. The first kappa shape index (κ1) is 21.8. The number of hydrogen-bond acceptors (Lipinski definition) is 6. The first-order valence-corrected chi connectivity index (χ1v) is 11.8. The predicted molar refractivity (Wildman–Crippen MR) is 106 cm³/mol. The van der Waals surface area contributed by atoms with E-state index in [-0.39, 0.29) is 35.9 Å². The molecule has 10 heteroatoms. The fourth-order valence-corrected chi connectivity index (χ4v) is 4.90. The summed E-state index contributed by atoms with van der Waals surface area (Å²) in [6.07, 6.45) is 1.99. The van der Waals surface area contributed by atoms with Crippen LogP contribution in [0.1, 0.15) is 45.7 Å². The van der Waals surface area contributed by atoms with Crippen molar-refractivity contribution in [3.8, 4) is 0 Å². The third-order valence-electron chi connectivity index (χ3n) is 4.31. The number of anilines is 1. The van der Waals surface area contributed by atoms with E-state index in [2.05, 4.69) is 15.0 Å². The Morgan fingerprint density at radius 2 is 2.00 bits per heavy atom. The number of likely N-dealkylation sites (tertiary alicyclic amines) is 1. The van der Waals surface area contributed by atoms with Crippen molar-refractivity contribution in [1.82, 2.24) is 14.6 Å². The Hall–Kier alpha value is -1.52. The van der Waals surface area contributed by atoms with Crippen molar-refractivity contribution >= 4 is 38.3 Å². The number of nitrogens with one attached hydrogen (secondary N) is 2. The maximum Gasteiger partial charge on any atom is 0.228 e. The molecule has 0 spiro atoms. The standard InChI is InChI=1S/C17H28N4O4S2/c1-4-9-27(24,25)20-13-5-7-21(8-6-13)15(22)10-14-11-26-17(18-14)19-16(23)12(2)3/h11-13,20H,4-10H2,1-3H3,(H,18,19,23). The Balaban J connectivity index is 1.81. The Morgan fingerprint density at radius 1 is 1.33 bits per heavy atom. The molecular formula is C17H28N4O4S2. The van der Waals surface area contributed by atoms with Crippen molar-refractivity contribution in [2.75, 3.05) is 24.2 Å². The van der Waals surface area contributed by atoms with Crippen molar-refractivity contribution < 1.29 is 18.0 Å². The van der Waals surface area contributed by atoms with E-state index in [0.717, 1.165) is 0 Å². The molecule has 0 saturated carbocycles. The van der Waals surface area contributed by atoms with Gasteiger partial charge in [-0.1, -0.05) is 20.8 Å². The highest BCUT2D eigenvalue weighted by Gasteiger charge is 2.26. The van der Waals surface area contributed by atoms with Gasteiger partial charge in [0, 0.05) is 30.4 Å². The lowest BCUT2D eigenvalue weighted by Crippen LogP contribution is -2.47. The van der Waals surface area contributed by atoms with E-state index in [4.69, 9.17) is 0 Å². The second-order valence-corrected chi connectivity index (χ2v) is 9.79. The van der Waals surface area contributed by atoms with E-state index in [1.54, 1.807) is 24.1 Å². The van der Waals surface area contributed by atoms with Crippen LogP contribution in [0.2, 0.25) is 0 Å². The van der Waals surface area contributed by atoms with Crippen LogP contribution in [-0.4, -0.2) is 55.0 Å². The van der Waals surface area contributed by atoms with Crippen LogP contribution < -0.4 is 10.0 Å². The van der Waals surface area contributed by atoms with Gasteiger partial charge >= 0.3 is 0 Å². The zero-order valence-corrected chi connectivity index (χ0v) is 17.7. The molecule has 1 aliphatic heterocycles. The van der Waals surface area contributed by atoms with E-state index in [9.17, 15) is 18.0 Å². The molecule has 1 fully saturated rings. The molecule has 0 aromatic carbocycles. The maximum absolute atomic E-state index is 12.5. The molecule has 2 rings (SSSR count). The number of carbonyl (C=O) groups excluding carboxylic acids is 2. The van der Waals surface area contributed by atoms with Gasteiger partial charge in [0.2, 0.25) is 21.8 Å². The Kier molecular flexibility index (Phi) is 7.75. The fourth-order valence-electron chi connectivity index (χ4n) is 2.79. The molecule has 152 valence electrons. The lowest BCUT2D eigenvalue weighted by Gasteiger charge is -2.32. The minimum absolute atomic E-state index is 0.0306. The lowest BCUT2D eigenvalue weighted by molar-refractivity contribution is -0.131. The topological polar surface area (TPSA) is 108 Å². The van der Waals surface area contributed by atoms with E-state index < -0.39 is 10.0 Å². The van der Waals surface area contributed by atoms with Gasteiger partial charge < -0.3 is 10.2 Å². The molecule has 2 amide bonds. The van der Waals surface area contributed by atoms with Gasteiger partial charge in [0.1, 0.15) is 0 Å². The summed E-state index contributed by atoms with van der Waals surface area (Å²) in [7, 11) is -3.23. The summed E-state index contributed by atoms with van der Waals surface area (Å²) in [6.45, 7) is 6.50. The molecule has 8 nitrogen and oxygen atoms in total. The second kappa shape index (κ2) is 9.61. The van der Waals surface area contributed by atoms with E-state index in [1.165, 1.54) is 11.3 Å². The Labute approximate surface area is 164 Å². The predicted octanol–water partition coefficient (Wildman–Crippen LogP) is 1.60. The molecule has 27 heavy (non-hydrogen) atoms. The van der Waals surface area contributed by atoms with E-state index in [0.29, 0.717) is 43.2 Å². The van der Waals surface area contributed by atoms with Crippen molar-refractivity contribution in [2.24, 2.45) is 5.92 Å². The zero-order chi connectivity index (χ0) is 20.0. The Bertz CT molecular complexity index is 753. The molecule has 0 bridgehead atoms. The molecule has 1 aromatic rings. The maximum atomic E-state index is 12.5. The smallest absolute Gasteiger partial charge is 0.228 e. The molecule has 2 heterocycles. The Morgan fingerprint density at radius 3 is 2.59 bits per heavy atom. The van der Waals surface area contributed by atoms with Crippen LogP contribution in [0, 0.1) is 5.92 Å². The van der Waals surface area contributed by atoms with Crippen LogP contribution in [0.25, 0.3) is 0 Å². The number of hydrogen-bond donors (Lipinski definition) is 2. The van der Waals surface area contributed by atoms with Crippen molar-refractivity contribution in [3.05, 3.63) is 11.1 Å². The van der Waals surface area contributed by atoms with Gasteiger partial charge in [0.15, 0.2) is 5.13 Å². The van der Waals surface area contributed by atoms with E-state index >= 15 is 0 Å². The molecule has 2 N–H and O–H groups in total. The number of rotatable bonds is 8. The van der Waals surface area contributed by atoms with Gasteiger partial charge in [-0.25, -0.2) is 18.1 Å². The number of carbonyl (C=O) groups is 2. The van der Waals surface area contributed by atoms with Crippen LogP contribution in [0.4, 0.5) is 5.13 Å². The van der Waals surface area contributed by atoms with Gasteiger partial charge in [0.25, 0.3) is 0 Å². The number of nitrogens with zero attached hydrogens (tertiary/aromatic N) is 2. The summed E-state index contributed by atoms with van der Waals surface area (Å²) >= 11 is 1.30. The number of sulfonamides is 1. The number of aromatic nitrogens is 1. The monoisotopic (exact) mass is 416 g/mol. The average molecular weight is 417 g/mol. The average Bonchev–Trinajstić information content (AvgIpc) is 3.01. The summed E-state index contributed by atoms with van der Waals surface area (Å²) in [5.74, 6) is -0.132. The van der Waals surface area contributed by atoms with Crippen molar-refractivity contribution in [3.63, 3.8) is 0 Å². The quantitative estimate of drug-likeness (QED) is 0.669. The molecule has 1 aliphatic rings. The molecule has 0 unspecified atom stereocenters. The molecule has 0 atom stereocenters. The highest BCUT2D eigenvalue weighted by Crippen LogP contribution is 2.18. The third-order valence-corrected chi connectivity index (χ3v) is 6.75. The van der Waals surface area contributed by atoms with Gasteiger partial charge in [-0.2, -0.15) is 0 Å². The van der Waals surface area contributed by atoms with Crippen LogP contribution in [0.3, 0.4) is 0 Å². The summed E-state index contributed by atoms with van der Waals surface area (Å²) < 4.78 is 26.4. The summed E-state index contributed by atoms with van der Waals surface area (Å²) in [5, 5.41) is 5.01. The summed E-state index contributed by atoms with van der Waals surface area (Å²) in [4.78, 5) is 30.2. The van der Waals surface area contributed by atoms with Crippen molar-refractivity contribution in [1.29, 1.82) is 0 Å². The SMILES string of the molecule is CCCS(=O)(=O)NC1CCN(C(=O)Cc2csc(NC(=O)C(C)C)n2)CC1.